The maximum Gasteiger partial charge on any atom is 0.337 e. The van der Waals surface area contributed by atoms with Gasteiger partial charge in [0, 0.05) is 10.7 Å². The molecule has 2 N–H and O–H groups in total. The number of carbonyl (C=O) groups is 1. The molecule has 0 bridgehead atoms. The Morgan fingerprint density at radius 2 is 1.84 bits per heavy atom. The molecular weight excluding hydrogens is 276 g/mol. The van der Waals surface area contributed by atoms with Crippen molar-refractivity contribution in [1.29, 1.82) is 0 Å². The fourth-order valence-corrected chi connectivity index (χ4v) is 1.81. The van der Waals surface area contributed by atoms with Crippen LogP contribution in [0.3, 0.4) is 0 Å². The number of halogens is 3. The first kappa shape index (κ1) is 13.3. The third-order valence-electron chi connectivity index (χ3n) is 2.35. The summed E-state index contributed by atoms with van der Waals surface area (Å²) in [4.78, 5) is 11.0. The van der Waals surface area contributed by atoms with Crippen molar-refractivity contribution in [2.75, 3.05) is 5.32 Å². The van der Waals surface area contributed by atoms with E-state index in [-0.39, 0.29) is 22.0 Å². The van der Waals surface area contributed by atoms with E-state index in [0.717, 1.165) is 24.3 Å². The molecule has 0 fully saturated rings. The summed E-state index contributed by atoms with van der Waals surface area (Å²) in [6.45, 7) is 0. The first-order valence-corrected chi connectivity index (χ1v) is 5.59. The van der Waals surface area contributed by atoms with Crippen LogP contribution < -0.4 is 5.32 Å². The summed E-state index contributed by atoms with van der Waals surface area (Å²) in [5.74, 6) is -2.52. The summed E-state index contributed by atoms with van der Waals surface area (Å²) in [6.07, 6.45) is 0. The predicted molar refractivity (Wildman–Crippen MR) is 68.1 cm³/mol. The molecule has 0 aromatic heterocycles. The van der Waals surface area contributed by atoms with Gasteiger partial charge in [-0.15, -0.1) is 0 Å². The molecule has 2 aromatic rings. The van der Waals surface area contributed by atoms with Gasteiger partial charge < -0.3 is 10.4 Å². The van der Waals surface area contributed by atoms with Crippen LogP contribution in [-0.4, -0.2) is 11.1 Å². The Morgan fingerprint density at radius 1 is 1.11 bits per heavy atom. The fourth-order valence-electron chi connectivity index (χ4n) is 1.58. The van der Waals surface area contributed by atoms with Crippen molar-refractivity contribution in [2.24, 2.45) is 0 Å². The lowest BCUT2D eigenvalue weighted by Gasteiger charge is -2.10. The quantitative estimate of drug-likeness (QED) is 0.893. The molecule has 0 spiro atoms. The van der Waals surface area contributed by atoms with Crippen LogP contribution in [0.4, 0.5) is 20.2 Å². The summed E-state index contributed by atoms with van der Waals surface area (Å²) in [6, 6.07) is 6.95. The highest BCUT2D eigenvalue weighted by Gasteiger charge is 2.12. The lowest BCUT2D eigenvalue weighted by molar-refractivity contribution is 0.0697. The maximum atomic E-state index is 13.2. The summed E-state index contributed by atoms with van der Waals surface area (Å²) < 4.78 is 26.2. The van der Waals surface area contributed by atoms with E-state index in [4.69, 9.17) is 16.7 Å². The van der Waals surface area contributed by atoms with E-state index >= 15 is 0 Å². The second-order valence-corrected chi connectivity index (χ2v) is 4.21. The van der Waals surface area contributed by atoms with Crippen LogP contribution in [0.2, 0.25) is 5.02 Å². The lowest BCUT2D eigenvalue weighted by atomic mass is 10.1. The number of carboxylic acid groups (broad SMARTS) is 1. The van der Waals surface area contributed by atoms with Gasteiger partial charge in [-0.2, -0.15) is 0 Å². The van der Waals surface area contributed by atoms with Crippen LogP contribution in [-0.2, 0) is 0 Å². The monoisotopic (exact) mass is 283 g/mol. The number of benzene rings is 2. The normalized spacial score (nSPS) is 10.3. The number of anilines is 2. The minimum absolute atomic E-state index is 0.149. The Bertz CT molecular complexity index is 626. The van der Waals surface area contributed by atoms with E-state index in [1.165, 1.54) is 12.1 Å². The van der Waals surface area contributed by atoms with E-state index in [9.17, 15) is 13.6 Å². The first-order valence-electron chi connectivity index (χ1n) is 5.21. The molecule has 6 heteroatoms. The van der Waals surface area contributed by atoms with Crippen LogP contribution in [0.15, 0.2) is 36.4 Å². The smallest absolute Gasteiger partial charge is 0.337 e. The van der Waals surface area contributed by atoms with Crippen LogP contribution >= 0.6 is 11.6 Å². The molecule has 0 unspecified atom stereocenters. The Balaban J connectivity index is 2.40. The highest BCUT2D eigenvalue weighted by Crippen LogP contribution is 2.25. The van der Waals surface area contributed by atoms with Crippen LogP contribution in [0.5, 0.6) is 0 Å². The molecule has 0 atom stereocenters. The number of nitrogens with one attached hydrogen (secondary N) is 1. The molecule has 3 nitrogen and oxygen atoms in total. The Hall–Kier alpha value is -2.14. The fraction of sp³-hybridized carbons (Fsp3) is 0. The van der Waals surface area contributed by atoms with Crippen LogP contribution in [0.25, 0.3) is 0 Å². The van der Waals surface area contributed by atoms with Crippen molar-refractivity contribution < 1.29 is 18.7 Å². The molecule has 2 aromatic carbocycles. The molecule has 0 aliphatic heterocycles. The molecule has 0 radical (unpaired) electrons. The van der Waals surface area contributed by atoms with Gasteiger partial charge in [-0.25, -0.2) is 13.6 Å². The lowest BCUT2D eigenvalue weighted by Crippen LogP contribution is -2.03. The molecular formula is C13H8ClF2NO2. The van der Waals surface area contributed by atoms with Gasteiger partial charge in [-0.1, -0.05) is 11.6 Å². The predicted octanol–water partition coefficient (Wildman–Crippen LogP) is 4.06. The SMILES string of the molecule is O=C(O)c1cc(F)ccc1Nc1cc(F)cc(Cl)c1. The second kappa shape index (κ2) is 5.24. The molecule has 19 heavy (non-hydrogen) atoms. The van der Waals surface area contributed by atoms with Crippen LogP contribution in [0.1, 0.15) is 10.4 Å². The Morgan fingerprint density at radius 3 is 2.47 bits per heavy atom. The van der Waals surface area contributed by atoms with Gasteiger partial charge in [0.05, 0.1) is 11.3 Å². The molecule has 0 saturated carbocycles. The third-order valence-corrected chi connectivity index (χ3v) is 2.57. The van der Waals surface area contributed by atoms with Gasteiger partial charge in [0.25, 0.3) is 0 Å². The van der Waals surface area contributed by atoms with Gasteiger partial charge in [0.15, 0.2) is 0 Å². The number of hydrogen-bond donors (Lipinski definition) is 2. The molecule has 98 valence electrons. The van der Waals surface area contributed by atoms with Crippen molar-refractivity contribution in [1.82, 2.24) is 0 Å². The topological polar surface area (TPSA) is 49.3 Å². The number of rotatable bonds is 3. The van der Waals surface area contributed by atoms with Crippen molar-refractivity contribution in [2.45, 2.75) is 0 Å². The average molecular weight is 284 g/mol. The van der Waals surface area contributed by atoms with Crippen molar-refractivity contribution in [3.8, 4) is 0 Å². The largest absolute Gasteiger partial charge is 0.478 e. The number of carboxylic acids is 1. The zero-order chi connectivity index (χ0) is 14.0. The zero-order valence-electron chi connectivity index (χ0n) is 9.45. The van der Waals surface area contributed by atoms with Gasteiger partial charge in [0.1, 0.15) is 11.6 Å². The van der Waals surface area contributed by atoms with E-state index in [0.29, 0.717) is 0 Å². The summed E-state index contributed by atoms with van der Waals surface area (Å²) in [5, 5.41) is 11.8. The molecule has 0 heterocycles. The number of aromatic carboxylic acids is 1. The molecule has 0 aliphatic carbocycles. The average Bonchev–Trinajstić information content (AvgIpc) is 2.30. The Labute approximate surface area is 112 Å². The van der Waals surface area contributed by atoms with Crippen LogP contribution in [0, 0.1) is 11.6 Å². The third kappa shape index (κ3) is 3.20. The molecule has 0 saturated heterocycles. The standard InChI is InChI=1S/C13H8ClF2NO2/c14-7-3-9(16)5-10(4-7)17-12-2-1-8(15)6-11(12)13(18)19/h1-6,17H,(H,18,19). The van der Waals surface area contributed by atoms with Crippen molar-refractivity contribution in [3.63, 3.8) is 0 Å². The highest BCUT2D eigenvalue weighted by molar-refractivity contribution is 6.30. The maximum absolute atomic E-state index is 13.2. The molecule has 0 aliphatic rings. The summed E-state index contributed by atoms with van der Waals surface area (Å²) in [5.41, 5.74) is 0.176. The molecule has 0 amide bonds. The molecule has 2 rings (SSSR count). The summed E-state index contributed by atoms with van der Waals surface area (Å²) in [7, 11) is 0. The van der Waals surface area contributed by atoms with E-state index in [2.05, 4.69) is 5.32 Å². The minimum Gasteiger partial charge on any atom is -0.478 e. The Kier molecular flexibility index (Phi) is 3.66. The van der Waals surface area contributed by atoms with E-state index in [1.807, 2.05) is 0 Å². The summed E-state index contributed by atoms with van der Waals surface area (Å²) >= 11 is 5.69. The second-order valence-electron chi connectivity index (χ2n) is 3.78. The van der Waals surface area contributed by atoms with Gasteiger partial charge >= 0.3 is 5.97 Å². The van der Waals surface area contributed by atoms with Crippen molar-refractivity contribution in [3.05, 3.63) is 58.6 Å². The van der Waals surface area contributed by atoms with Gasteiger partial charge in [0.2, 0.25) is 0 Å². The first-order chi connectivity index (χ1) is 8.95. The zero-order valence-corrected chi connectivity index (χ0v) is 10.2. The highest BCUT2D eigenvalue weighted by atomic mass is 35.5. The number of hydrogen-bond acceptors (Lipinski definition) is 2. The van der Waals surface area contributed by atoms with Gasteiger partial charge in [-0.3, -0.25) is 0 Å². The van der Waals surface area contributed by atoms with Gasteiger partial charge in [-0.05, 0) is 36.4 Å². The van der Waals surface area contributed by atoms with E-state index < -0.39 is 17.6 Å². The van der Waals surface area contributed by atoms with Crippen molar-refractivity contribution >= 4 is 28.9 Å². The van der Waals surface area contributed by atoms with E-state index in [1.54, 1.807) is 0 Å². The minimum atomic E-state index is -1.29.